The van der Waals surface area contributed by atoms with Crippen molar-refractivity contribution in [2.45, 2.75) is 26.4 Å². The summed E-state index contributed by atoms with van der Waals surface area (Å²) in [6.07, 6.45) is -1.51. The fraction of sp³-hybridized carbons (Fsp3) is 0.533. The third-order valence-electron chi connectivity index (χ3n) is 2.21. The molecule has 1 aliphatic rings. The summed E-state index contributed by atoms with van der Waals surface area (Å²) >= 11 is 5.81. The van der Waals surface area contributed by atoms with Crippen LogP contribution in [0.3, 0.4) is 0 Å². The first-order valence-electron chi connectivity index (χ1n) is 9.96. The zero-order chi connectivity index (χ0) is 21.9. The molecule has 0 bridgehead atoms. The number of benzene rings is 1. The van der Waals surface area contributed by atoms with Crippen molar-refractivity contribution >= 4 is 23.4 Å². The predicted molar refractivity (Wildman–Crippen MR) is 81.5 cm³/mol. The summed E-state index contributed by atoms with van der Waals surface area (Å²) in [6.45, 7) is -8.47. The summed E-state index contributed by atoms with van der Waals surface area (Å²) in [5, 5.41) is 0.281. The minimum absolute atomic E-state index is 0.141. The van der Waals surface area contributed by atoms with E-state index < -0.39 is 37.7 Å². The Bertz CT molecular complexity index is 736. The molecular weight excluding hydrogens is 276 g/mol. The number of amides is 1. The van der Waals surface area contributed by atoms with Gasteiger partial charge in [-0.1, -0.05) is 11.6 Å². The van der Waals surface area contributed by atoms with E-state index in [-0.39, 0.29) is 15.6 Å². The van der Waals surface area contributed by atoms with Crippen molar-refractivity contribution in [1.82, 2.24) is 4.90 Å². The third kappa shape index (κ3) is 4.04. The van der Waals surface area contributed by atoms with Crippen LogP contribution in [0.25, 0.3) is 0 Å². The van der Waals surface area contributed by atoms with Crippen LogP contribution in [0.1, 0.15) is 31.7 Å². The highest BCUT2D eigenvalue weighted by molar-refractivity contribution is 6.30. The Labute approximate surface area is 136 Å². The molecule has 1 heterocycles. The van der Waals surface area contributed by atoms with Crippen LogP contribution in [-0.4, -0.2) is 42.6 Å². The largest absolute Gasteiger partial charge is 0.444 e. The molecule has 0 aromatic heterocycles. The fourth-order valence-corrected chi connectivity index (χ4v) is 1.50. The highest BCUT2D eigenvalue weighted by atomic mass is 35.5. The van der Waals surface area contributed by atoms with Gasteiger partial charge in [0.25, 0.3) is 0 Å². The van der Waals surface area contributed by atoms with E-state index >= 15 is 0 Å². The Morgan fingerprint density at radius 3 is 2.25 bits per heavy atom. The SMILES string of the molecule is [2H]C1([2H])N(C(=O)OC(C)(C)C)C([2H])([2H])C([2H])([2H])N(c2ccc(Cl)cc2)C1([2H])[2H]. The zero-order valence-corrected chi connectivity index (χ0v) is 12.2. The van der Waals surface area contributed by atoms with Gasteiger partial charge >= 0.3 is 6.09 Å². The van der Waals surface area contributed by atoms with Gasteiger partial charge in [-0.15, -0.1) is 0 Å². The molecule has 1 saturated heterocycles. The molecule has 1 fully saturated rings. The second-order valence-corrected chi connectivity index (χ2v) is 5.51. The van der Waals surface area contributed by atoms with E-state index in [1.165, 1.54) is 45.0 Å². The maximum absolute atomic E-state index is 12.6. The van der Waals surface area contributed by atoms with Crippen LogP contribution >= 0.6 is 11.6 Å². The lowest BCUT2D eigenvalue weighted by atomic mass is 10.2. The van der Waals surface area contributed by atoms with E-state index in [0.717, 1.165) is 0 Å². The van der Waals surface area contributed by atoms with Crippen LogP contribution in [0, 0.1) is 0 Å². The Balaban J connectivity index is 2.68. The highest BCUT2D eigenvalue weighted by Crippen LogP contribution is 2.20. The summed E-state index contributed by atoms with van der Waals surface area (Å²) in [5.74, 6) is 0. The molecule has 0 atom stereocenters. The summed E-state index contributed by atoms with van der Waals surface area (Å²) in [4.78, 5) is 12.8. The Morgan fingerprint density at radius 2 is 1.75 bits per heavy atom. The van der Waals surface area contributed by atoms with E-state index in [1.807, 2.05) is 0 Å². The zero-order valence-electron chi connectivity index (χ0n) is 19.4. The molecule has 4 nitrogen and oxygen atoms in total. The Morgan fingerprint density at radius 1 is 1.20 bits per heavy atom. The molecule has 1 amide bonds. The molecule has 0 saturated carbocycles. The van der Waals surface area contributed by atoms with Crippen LogP contribution in [0.4, 0.5) is 10.5 Å². The molecule has 1 aromatic rings. The van der Waals surface area contributed by atoms with Crippen LogP contribution < -0.4 is 4.90 Å². The van der Waals surface area contributed by atoms with Gasteiger partial charge in [0.05, 0.1) is 11.0 Å². The topological polar surface area (TPSA) is 32.8 Å². The van der Waals surface area contributed by atoms with Crippen LogP contribution in [-0.2, 0) is 4.74 Å². The normalized spacial score (nSPS) is 32.2. The molecular formula is C15H21ClN2O2. The number of carbonyl (C=O) groups is 1. The summed E-state index contributed by atoms with van der Waals surface area (Å²) in [7, 11) is 0. The lowest BCUT2D eigenvalue weighted by molar-refractivity contribution is 0.0240. The van der Waals surface area contributed by atoms with Gasteiger partial charge in [-0.3, -0.25) is 0 Å². The quantitative estimate of drug-likeness (QED) is 0.797. The van der Waals surface area contributed by atoms with Gasteiger partial charge in [-0.05, 0) is 45.0 Å². The Kier molecular flexibility index (Phi) is 2.23. The first-order chi connectivity index (χ1) is 12.4. The monoisotopic (exact) mass is 304 g/mol. The highest BCUT2D eigenvalue weighted by Gasteiger charge is 2.25. The van der Waals surface area contributed by atoms with Gasteiger partial charge in [0.1, 0.15) is 5.60 Å². The molecule has 5 heteroatoms. The van der Waals surface area contributed by atoms with Crippen LogP contribution in [0.5, 0.6) is 0 Å². The predicted octanol–water partition coefficient (Wildman–Crippen LogP) is 3.40. The third-order valence-corrected chi connectivity index (χ3v) is 2.46. The van der Waals surface area contributed by atoms with Crippen molar-refractivity contribution in [2.24, 2.45) is 0 Å². The summed E-state index contributed by atoms with van der Waals surface area (Å²) < 4.78 is 71.1. The van der Waals surface area contributed by atoms with E-state index in [1.54, 1.807) is 0 Å². The number of piperazine rings is 1. The maximum Gasteiger partial charge on any atom is 0.410 e. The van der Waals surface area contributed by atoms with Crippen molar-refractivity contribution in [2.75, 3.05) is 30.9 Å². The van der Waals surface area contributed by atoms with E-state index in [0.29, 0.717) is 4.90 Å². The first-order valence-corrected chi connectivity index (χ1v) is 6.34. The van der Waals surface area contributed by atoms with Crippen molar-refractivity contribution in [3.8, 4) is 0 Å². The smallest absolute Gasteiger partial charge is 0.410 e. The Hall–Kier alpha value is -1.42. The summed E-state index contributed by atoms with van der Waals surface area (Å²) in [6, 6.07) is 5.17. The minimum atomic E-state index is -3.29. The fourth-order valence-electron chi connectivity index (χ4n) is 1.37. The van der Waals surface area contributed by atoms with E-state index in [4.69, 9.17) is 27.3 Å². The van der Waals surface area contributed by atoms with E-state index in [9.17, 15) is 4.79 Å². The second-order valence-electron chi connectivity index (χ2n) is 5.07. The molecule has 1 aromatic carbocycles. The number of hydrogen-bond donors (Lipinski definition) is 0. The van der Waals surface area contributed by atoms with Gasteiger partial charge in [-0.2, -0.15) is 0 Å². The molecule has 1 aliphatic heterocycles. The van der Waals surface area contributed by atoms with Crippen molar-refractivity contribution < 1.29 is 20.5 Å². The van der Waals surface area contributed by atoms with Crippen LogP contribution in [0.2, 0.25) is 5.02 Å². The number of halogens is 1. The van der Waals surface area contributed by atoms with Crippen molar-refractivity contribution in [1.29, 1.82) is 0 Å². The van der Waals surface area contributed by atoms with E-state index in [2.05, 4.69) is 0 Å². The molecule has 2 rings (SSSR count). The molecule has 20 heavy (non-hydrogen) atoms. The van der Waals surface area contributed by atoms with Gasteiger partial charge < -0.3 is 14.5 Å². The lowest BCUT2D eigenvalue weighted by Gasteiger charge is -2.36. The molecule has 110 valence electrons. The number of anilines is 1. The molecule has 0 radical (unpaired) electrons. The van der Waals surface area contributed by atoms with Crippen molar-refractivity contribution in [3.05, 3.63) is 29.3 Å². The van der Waals surface area contributed by atoms with Crippen LogP contribution in [0.15, 0.2) is 24.3 Å². The summed E-state index contributed by atoms with van der Waals surface area (Å²) in [5.41, 5.74) is -1.27. The molecule has 0 spiro atoms. The number of hydrogen-bond acceptors (Lipinski definition) is 3. The molecule has 0 unspecified atom stereocenters. The van der Waals surface area contributed by atoms with Gasteiger partial charge in [0.15, 0.2) is 0 Å². The van der Waals surface area contributed by atoms with Crippen molar-refractivity contribution in [3.63, 3.8) is 0 Å². The maximum atomic E-state index is 12.6. The minimum Gasteiger partial charge on any atom is -0.444 e. The average Bonchev–Trinajstić information content (AvgIpc) is 2.45. The van der Waals surface area contributed by atoms with Gasteiger partial charge in [-0.25, -0.2) is 4.79 Å². The number of ether oxygens (including phenoxy) is 1. The number of carbonyl (C=O) groups excluding carboxylic acids is 1. The molecule has 0 N–H and O–H groups in total. The number of nitrogens with zero attached hydrogens (tertiary/aromatic N) is 2. The first kappa shape index (κ1) is 7.55. The molecule has 0 aliphatic carbocycles. The average molecular weight is 305 g/mol. The van der Waals surface area contributed by atoms with Gasteiger partial charge in [0.2, 0.25) is 0 Å². The lowest BCUT2D eigenvalue weighted by Crippen LogP contribution is -2.50. The second kappa shape index (κ2) is 5.92. The number of rotatable bonds is 1. The standard InChI is InChI=1S/C15H21ClN2O2/c1-15(2,3)20-14(19)18-10-8-17(9-11-18)13-6-4-12(16)5-7-13/h4-7H,8-11H2,1-3H3/i8D2,9D2,10D2,11D2. The van der Waals surface area contributed by atoms with Gasteiger partial charge in [0, 0.05) is 36.7 Å².